The Morgan fingerprint density at radius 1 is 1.11 bits per heavy atom. The molecule has 0 amide bonds. The maximum absolute atomic E-state index is 3.50. The second kappa shape index (κ2) is 7.27. The first-order valence-corrected chi connectivity index (χ1v) is 7.49. The van der Waals surface area contributed by atoms with Gasteiger partial charge in [-0.2, -0.15) is 0 Å². The van der Waals surface area contributed by atoms with Crippen molar-refractivity contribution in [1.82, 2.24) is 0 Å². The van der Waals surface area contributed by atoms with E-state index in [-0.39, 0.29) is 0 Å². The van der Waals surface area contributed by atoms with E-state index in [1.54, 1.807) is 0 Å². The number of rotatable bonds is 2. The Labute approximate surface area is 112 Å². The van der Waals surface area contributed by atoms with Crippen LogP contribution in [0.25, 0.3) is 0 Å². The summed E-state index contributed by atoms with van der Waals surface area (Å²) in [6, 6.07) is 8.75. The molecule has 0 bridgehead atoms. The van der Waals surface area contributed by atoms with Crippen LogP contribution in [-0.2, 0) is 6.42 Å². The van der Waals surface area contributed by atoms with E-state index in [9.17, 15) is 0 Å². The van der Waals surface area contributed by atoms with Crippen LogP contribution in [0.2, 0.25) is 0 Å². The van der Waals surface area contributed by atoms with Crippen molar-refractivity contribution >= 4 is 0 Å². The van der Waals surface area contributed by atoms with Crippen LogP contribution in [0, 0.1) is 17.8 Å². The molecule has 1 aromatic rings. The van der Waals surface area contributed by atoms with Crippen LogP contribution >= 0.6 is 0 Å². The molecular formula is C18H24. The van der Waals surface area contributed by atoms with E-state index >= 15 is 0 Å². The zero-order valence-corrected chi connectivity index (χ0v) is 11.5. The van der Waals surface area contributed by atoms with Gasteiger partial charge in [0, 0.05) is 11.5 Å². The van der Waals surface area contributed by atoms with Gasteiger partial charge in [-0.15, -0.1) is 0 Å². The molecule has 0 saturated heterocycles. The molecular weight excluding hydrogens is 216 g/mol. The highest BCUT2D eigenvalue weighted by molar-refractivity contribution is 5.37. The highest BCUT2D eigenvalue weighted by Gasteiger charge is 2.08. The standard InChI is InChI=1S/C18H24/c1-2-8-17-11-7-12-18(15-17)14-13-16-9-5-3-4-6-10-16/h7,11-12,15-16H,2-6,8-10H2,1H3. The van der Waals surface area contributed by atoms with Crippen molar-refractivity contribution in [2.45, 2.75) is 58.3 Å². The van der Waals surface area contributed by atoms with E-state index < -0.39 is 0 Å². The van der Waals surface area contributed by atoms with Crippen LogP contribution in [-0.4, -0.2) is 0 Å². The quantitative estimate of drug-likeness (QED) is 0.506. The second-order valence-electron chi connectivity index (χ2n) is 5.41. The summed E-state index contributed by atoms with van der Waals surface area (Å²) in [5, 5.41) is 0. The zero-order chi connectivity index (χ0) is 12.6. The zero-order valence-electron chi connectivity index (χ0n) is 11.5. The minimum atomic E-state index is 0.641. The van der Waals surface area contributed by atoms with E-state index in [1.165, 1.54) is 62.5 Å². The molecule has 1 aromatic carbocycles. The van der Waals surface area contributed by atoms with Crippen molar-refractivity contribution in [3.8, 4) is 11.8 Å². The van der Waals surface area contributed by atoms with Gasteiger partial charge < -0.3 is 0 Å². The van der Waals surface area contributed by atoms with Gasteiger partial charge in [-0.05, 0) is 37.0 Å². The minimum Gasteiger partial charge on any atom is -0.0945 e. The molecule has 1 fully saturated rings. The van der Waals surface area contributed by atoms with Crippen LogP contribution in [0.4, 0.5) is 0 Å². The van der Waals surface area contributed by atoms with Crippen molar-refractivity contribution in [3.63, 3.8) is 0 Å². The second-order valence-corrected chi connectivity index (χ2v) is 5.41. The summed E-state index contributed by atoms with van der Waals surface area (Å²) in [5.41, 5.74) is 2.62. The van der Waals surface area contributed by atoms with Gasteiger partial charge in [-0.1, -0.05) is 63.0 Å². The molecule has 0 aromatic heterocycles. The van der Waals surface area contributed by atoms with Gasteiger partial charge in [0.05, 0.1) is 0 Å². The predicted octanol–water partition coefficient (Wildman–Crippen LogP) is 4.96. The van der Waals surface area contributed by atoms with E-state index in [0.29, 0.717) is 5.92 Å². The first-order valence-electron chi connectivity index (χ1n) is 7.49. The summed E-state index contributed by atoms with van der Waals surface area (Å²) in [6.45, 7) is 2.23. The van der Waals surface area contributed by atoms with E-state index in [2.05, 4.69) is 43.0 Å². The number of hydrogen-bond donors (Lipinski definition) is 0. The third kappa shape index (κ3) is 4.22. The number of benzene rings is 1. The molecule has 18 heavy (non-hydrogen) atoms. The minimum absolute atomic E-state index is 0.641. The molecule has 0 atom stereocenters. The van der Waals surface area contributed by atoms with E-state index in [0.717, 1.165) is 0 Å². The number of hydrogen-bond acceptors (Lipinski definition) is 0. The highest BCUT2D eigenvalue weighted by Crippen LogP contribution is 2.22. The lowest BCUT2D eigenvalue weighted by Crippen LogP contribution is -1.94. The lowest BCUT2D eigenvalue weighted by molar-refractivity contribution is 0.577. The molecule has 0 heteroatoms. The number of aryl methyl sites for hydroxylation is 1. The summed E-state index contributed by atoms with van der Waals surface area (Å²) in [7, 11) is 0. The van der Waals surface area contributed by atoms with Crippen LogP contribution in [0.1, 0.15) is 63.0 Å². The summed E-state index contributed by atoms with van der Waals surface area (Å²) in [6.07, 6.45) is 10.5. The van der Waals surface area contributed by atoms with Crippen LogP contribution in [0.3, 0.4) is 0 Å². The molecule has 0 nitrogen and oxygen atoms in total. The molecule has 0 unspecified atom stereocenters. The van der Waals surface area contributed by atoms with Crippen LogP contribution in [0.15, 0.2) is 24.3 Å². The molecule has 0 heterocycles. The van der Waals surface area contributed by atoms with Crippen molar-refractivity contribution in [2.24, 2.45) is 5.92 Å². The van der Waals surface area contributed by atoms with Gasteiger partial charge >= 0.3 is 0 Å². The molecule has 0 spiro atoms. The normalized spacial score (nSPS) is 16.7. The molecule has 0 aliphatic heterocycles. The topological polar surface area (TPSA) is 0 Å². The van der Waals surface area contributed by atoms with Gasteiger partial charge in [-0.25, -0.2) is 0 Å². The van der Waals surface area contributed by atoms with Gasteiger partial charge in [0.15, 0.2) is 0 Å². The van der Waals surface area contributed by atoms with Crippen molar-refractivity contribution in [1.29, 1.82) is 0 Å². The Morgan fingerprint density at radius 2 is 1.89 bits per heavy atom. The predicted molar refractivity (Wildman–Crippen MR) is 78.5 cm³/mol. The Hall–Kier alpha value is -1.22. The molecule has 2 rings (SSSR count). The lowest BCUT2D eigenvalue weighted by Gasteiger charge is -2.04. The van der Waals surface area contributed by atoms with E-state index in [1.807, 2.05) is 0 Å². The molecule has 0 N–H and O–H groups in total. The lowest BCUT2D eigenvalue weighted by atomic mass is 10.00. The fourth-order valence-electron chi connectivity index (χ4n) is 2.70. The summed E-state index contributed by atoms with van der Waals surface area (Å²) in [4.78, 5) is 0. The first kappa shape index (κ1) is 13.2. The third-order valence-electron chi connectivity index (χ3n) is 3.74. The van der Waals surface area contributed by atoms with Gasteiger partial charge in [0.1, 0.15) is 0 Å². The largest absolute Gasteiger partial charge is 0.0945 e. The summed E-state index contributed by atoms with van der Waals surface area (Å²) < 4.78 is 0. The fraction of sp³-hybridized carbons (Fsp3) is 0.556. The molecule has 0 radical (unpaired) electrons. The maximum atomic E-state index is 3.50. The van der Waals surface area contributed by atoms with Crippen molar-refractivity contribution in [2.75, 3.05) is 0 Å². The maximum Gasteiger partial charge on any atom is 0.0248 e. The smallest absolute Gasteiger partial charge is 0.0248 e. The third-order valence-corrected chi connectivity index (χ3v) is 3.74. The molecule has 96 valence electrons. The van der Waals surface area contributed by atoms with Gasteiger partial charge in [0.25, 0.3) is 0 Å². The summed E-state index contributed by atoms with van der Waals surface area (Å²) in [5.74, 6) is 7.53. The Bertz CT molecular complexity index is 411. The van der Waals surface area contributed by atoms with Crippen molar-refractivity contribution < 1.29 is 0 Å². The Morgan fingerprint density at radius 3 is 2.61 bits per heavy atom. The SMILES string of the molecule is CCCc1cccc(C#CC2CCCCCC2)c1. The van der Waals surface area contributed by atoms with Gasteiger partial charge in [0.2, 0.25) is 0 Å². The Balaban J connectivity index is 2.01. The summed E-state index contributed by atoms with van der Waals surface area (Å²) >= 11 is 0. The van der Waals surface area contributed by atoms with Crippen LogP contribution < -0.4 is 0 Å². The molecule has 1 aliphatic rings. The Kier molecular flexibility index (Phi) is 5.34. The van der Waals surface area contributed by atoms with Crippen LogP contribution in [0.5, 0.6) is 0 Å². The first-order chi connectivity index (χ1) is 8.88. The molecule has 1 saturated carbocycles. The van der Waals surface area contributed by atoms with E-state index in [4.69, 9.17) is 0 Å². The average Bonchev–Trinajstić information content (AvgIpc) is 2.66. The van der Waals surface area contributed by atoms with Crippen molar-refractivity contribution in [3.05, 3.63) is 35.4 Å². The van der Waals surface area contributed by atoms with Gasteiger partial charge in [-0.3, -0.25) is 0 Å². The fourth-order valence-corrected chi connectivity index (χ4v) is 2.70. The average molecular weight is 240 g/mol. The molecule has 1 aliphatic carbocycles. The highest BCUT2D eigenvalue weighted by atomic mass is 14.1. The monoisotopic (exact) mass is 240 g/mol.